The Balaban J connectivity index is 1.64. The molecule has 0 aliphatic heterocycles. The number of hydrogen-bond acceptors (Lipinski definition) is 7. The first-order valence-electron chi connectivity index (χ1n) is 10.8. The van der Waals surface area contributed by atoms with E-state index in [1.807, 2.05) is 44.2 Å². The van der Waals surface area contributed by atoms with Crippen molar-refractivity contribution in [1.29, 1.82) is 0 Å². The lowest BCUT2D eigenvalue weighted by atomic mass is 10.2. The smallest absolute Gasteiger partial charge is 0.325 e. The van der Waals surface area contributed by atoms with Gasteiger partial charge in [0.15, 0.2) is 18.1 Å². The van der Waals surface area contributed by atoms with E-state index in [9.17, 15) is 14.4 Å². The van der Waals surface area contributed by atoms with Crippen molar-refractivity contribution in [2.75, 3.05) is 38.7 Å². The van der Waals surface area contributed by atoms with Crippen molar-refractivity contribution in [3.63, 3.8) is 0 Å². The van der Waals surface area contributed by atoms with Crippen LogP contribution in [0.2, 0.25) is 0 Å². The van der Waals surface area contributed by atoms with Gasteiger partial charge in [0, 0.05) is 17.0 Å². The van der Waals surface area contributed by atoms with Crippen LogP contribution in [-0.2, 0) is 14.3 Å². The summed E-state index contributed by atoms with van der Waals surface area (Å²) in [6.45, 7) is 4.33. The fraction of sp³-hybridized carbons (Fsp3) is 0.375. The largest absolute Gasteiger partial charge is 0.490 e. The molecule has 0 atom stereocenters. The van der Waals surface area contributed by atoms with E-state index in [0.29, 0.717) is 36.8 Å². The van der Waals surface area contributed by atoms with Gasteiger partial charge in [0.2, 0.25) is 0 Å². The number of ether oxygens (including phenoxy) is 3. The average molecular weight is 475 g/mol. The second kappa shape index (κ2) is 14.8. The van der Waals surface area contributed by atoms with Crippen molar-refractivity contribution in [3.8, 4) is 11.5 Å². The summed E-state index contributed by atoms with van der Waals surface area (Å²) < 4.78 is 15.9. The van der Waals surface area contributed by atoms with E-state index in [1.54, 1.807) is 30.0 Å². The maximum atomic E-state index is 12.3. The Morgan fingerprint density at radius 3 is 2.36 bits per heavy atom. The second-order valence-electron chi connectivity index (χ2n) is 6.74. The van der Waals surface area contributed by atoms with E-state index in [-0.39, 0.29) is 12.5 Å². The van der Waals surface area contributed by atoms with E-state index in [2.05, 4.69) is 10.6 Å². The molecule has 0 aromatic heterocycles. The lowest BCUT2D eigenvalue weighted by Crippen LogP contribution is -2.34. The third-order valence-electron chi connectivity index (χ3n) is 4.22. The summed E-state index contributed by atoms with van der Waals surface area (Å²) in [5.41, 5.74) is 0.320. The minimum Gasteiger partial charge on any atom is -0.490 e. The normalized spacial score (nSPS) is 10.2. The summed E-state index contributed by atoms with van der Waals surface area (Å²) in [7, 11) is 0. The van der Waals surface area contributed by atoms with Gasteiger partial charge in [0.1, 0.15) is 6.54 Å². The number of esters is 1. The number of nitrogens with one attached hydrogen (secondary N) is 2. The number of carbonyl (C=O) groups is 3. The van der Waals surface area contributed by atoms with Crippen molar-refractivity contribution in [2.24, 2.45) is 0 Å². The molecule has 2 rings (SSSR count). The van der Waals surface area contributed by atoms with Gasteiger partial charge in [-0.25, -0.2) is 0 Å². The Labute approximate surface area is 198 Å². The molecule has 33 heavy (non-hydrogen) atoms. The van der Waals surface area contributed by atoms with E-state index < -0.39 is 18.5 Å². The fourth-order valence-electron chi connectivity index (χ4n) is 2.70. The number of carbonyl (C=O) groups excluding carboxylic acids is 3. The third kappa shape index (κ3) is 9.86. The van der Waals surface area contributed by atoms with Crippen molar-refractivity contribution in [2.45, 2.75) is 25.2 Å². The zero-order chi connectivity index (χ0) is 23.9. The Morgan fingerprint density at radius 2 is 1.64 bits per heavy atom. The molecule has 0 bridgehead atoms. The lowest BCUT2D eigenvalue weighted by Gasteiger charge is -2.12. The van der Waals surface area contributed by atoms with Crippen LogP contribution in [0, 0.1) is 0 Å². The van der Waals surface area contributed by atoms with Crippen LogP contribution in [0.1, 0.15) is 30.6 Å². The third-order valence-corrected chi connectivity index (χ3v) is 5.32. The Bertz CT molecular complexity index is 907. The standard InChI is InChI=1S/C24H30N2O6S/c1-3-30-20-12-11-18(15-21(20)31-4-2)24(29)26-16-23(28)32-17-22(27)25-13-8-14-33-19-9-6-5-7-10-19/h5-7,9-12,15H,3-4,8,13-14,16-17H2,1-2H3,(H,25,27)(H,26,29). The summed E-state index contributed by atoms with van der Waals surface area (Å²) in [6, 6.07) is 14.8. The summed E-state index contributed by atoms with van der Waals surface area (Å²) >= 11 is 1.71. The van der Waals surface area contributed by atoms with Crippen LogP contribution in [0.4, 0.5) is 0 Å². The number of benzene rings is 2. The van der Waals surface area contributed by atoms with Gasteiger partial charge >= 0.3 is 5.97 Å². The highest BCUT2D eigenvalue weighted by molar-refractivity contribution is 7.99. The molecule has 2 amide bonds. The average Bonchev–Trinajstić information content (AvgIpc) is 2.83. The number of amides is 2. The molecule has 0 fully saturated rings. The fourth-order valence-corrected chi connectivity index (χ4v) is 3.58. The molecule has 2 aromatic carbocycles. The Morgan fingerprint density at radius 1 is 0.909 bits per heavy atom. The molecular weight excluding hydrogens is 444 g/mol. The minimum atomic E-state index is -0.700. The Kier molecular flexibility index (Phi) is 11.7. The molecule has 0 saturated heterocycles. The van der Waals surface area contributed by atoms with Crippen LogP contribution >= 0.6 is 11.8 Å². The highest BCUT2D eigenvalue weighted by atomic mass is 32.2. The van der Waals surface area contributed by atoms with Gasteiger partial charge in [-0.05, 0) is 56.4 Å². The van der Waals surface area contributed by atoms with Gasteiger partial charge < -0.3 is 24.8 Å². The van der Waals surface area contributed by atoms with E-state index in [1.165, 1.54) is 4.90 Å². The van der Waals surface area contributed by atoms with Gasteiger partial charge in [-0.1, -0.05) is 18.2 Å². The molecule has 0 spiro atoms. The minimum absolute atomic E-state index is 0.320. The van der Waals surface area contributed by atoms with E-state index >= 15 is 0 Å². The molecule has 0 aliphatic carbocycles. The molecule has 2 N–H and O–H groups in total. The van der Waals surface area contributed by atoms with Crippen molar-refractivity contribution in [3.05, 3.63) is 54.1 Å². The van der Waals surface area contributed by atoms with Gasteiger partial charge in [-0.15, -0.1) is 11.8 Å². The summed E-state index contributed by atoms with van der Waals surface area (Å²) in [6.07, 6.45) is 0.793. The first kappa shape index (κ1) is 26.1. The number of thioether (sulfide) groups is 1. The predicted octanol–water partition coefficient (Wildman–Crippen LogP) is 3.06. The first-order chi connectivity index (χ1) is 16.0. The molecule has 178 valence electrons. The van der Waals surface area contributed by atoms with Crippen molar-refractivity contribution >= 4 is 29.5 Å². The van der Waals surface area contributed by atoms with Crippen molar-refractivity contribution < 1.29 is 28.6 Å². The highest BCUT2D eigenvalue weighted by Crippen LogP contribution is 2.28. The molecular formula is C24H30N2O6S. The molecule has 2 aromatic rings. The van der Waals surface area contributed by atoms with E-state index in [4.69, 9.17) is 14.2 Å². The van der Waals surface area contributed by atoms with Crippen LogP contribution in [0.3, 0.4) is 0 Å². The topological polar surface area (TPSA) is 103 Å². The Hall–Kier alpha value is -3.20. The SMILES string of the molecule is CCOc1ccc(C(=O)NCC(=O)OCC(=O)NCCCSc2ccccc2)cc1OCC. The molecule has 0 saturated carbocycles. The summed E-state index contributed by atoms with van der Waals surface area (Å²) in [5.74, 6) is 0.318. The van der Waals surface area contributed by atoms with Crippen LogP contribution in [-0.4, -0.2) is 56.4 Å². The predicted molar refractivity (Wildman–Crippen MR) is 127 cm³/mol. The van der Waals surface area contributed by atoms with Gasteiger partial charge in [-0.3, -0.25) is 14.4 Å². The lowest BCUT2D eigenvalue weighted by molar-refractivity contribution is -0.147. The quantitative estimate of drug-likeness (QED) is 0.246. The molecule has 0 aliphatic rings. The van der Waals surface area contributed by atoms with Gasteiger partial charge in [0.05, 0.1) is 13.2 Å². The molecule has 9 heteroatoms. The highest BCUT2D eigenvalue weighted by Gasteiger charge is 2.14. The van der Waals surface area contributed by atoms with Crippen molar-refractivity contribution in [1.82, 2.24) is 10.6 Å². The number of hydrogen-bond donors (Lipinski definition) is 2. The van der Waals surface area contributed by atoms with Gasteiger partial charge in [0.25, 0.3) is 11.8 Å². The van der Waals surface area contributed by atoms with E-state index in [0.717, 1.165) is 12.2 Å². The molecule has 0 unspecified atom stereocenters. The monoisotopic (exact) mass is 474 g/mol. The summed E-state index contributed by atoms with van der Waals surface area (Å²) in [5, 5.41) is 5.18. The molecule has 0 heterocycles. The summed E-state index contributed by atoms with van der Waals surface area (Å²) in [4.78, 5) is 37.2. The maximum Gasteiger partial charge on any atom is 0.325 e. The molecule has 8 nitrogen and oxygen atoms in total. The van der Waals surface area contributed by atoms with Crippen LogP contribution in [0.5, 0.6) is 11.5 Å². The number of rotatable bonds is 14. The van der Waals surface area contributed by atoms with Gasteiger partial charge in [-0.2, -0.15) is 0 Å². The molecule has 0 radical (unpaired) electrons. The van der Waals surface area contributed by atoms with Crippen LogP contribution < -0.4 is 20.1 Å². The second-order valence-corrected chi connectivity index (χ2v) is 7.90. The van der Waals surface area contributed by atoms with Crippen LogP contribution in [0.15, 0.2) is 53.4 Å². The zero-order valence-corrected chi connectivity index (χ0v) is 19.7. The maximum absolute atomic E-state index is 12.3. The first-order valence-corrected chi connectivity index (χ1v) is 11.8. The van der Waals surface area contributed by atoms with Crippen LogP contribution in [0.25, 0.3) is 0 Å². The zero-order valence-electron chi connectivity index (χ0n) is 18.9.